The third-order valence-corrected chi connectivity index (χ3v) is 4.24. The first-order chi connectivity index (χ1) is 10.8. The van der Waals surface area contributed by atoms with Crippen LogP contribution >= 0.6 is 0 Å². The number of ether oxygens (including phenoxy) is 1. The number of nitrogens with one attached hydrogen (secondary N) is 1. The molecule has 22 heavy (non-hydrogen) atoms. The van der Waals surface area contributed by atoms with Crippen LogP contribution in [0.15, 0.2) is 24.3 Å². The highest BCUT2D eigenvalue weighted by Crippen LogP contribution is 2.16. The van der Waals surface area contributed by atoms with Gasteiger partial charge in [-0.25, -0.2) is 0 Å². The number of benzene rings is 1. The second kappa shape index (κ2) is 9.46. The van der Waals surface area contributed by atoms with Crippen LogP contribution in [0, 0.1) is 0 Å². The Morgan fingerprint density at radius 1 is 1.14 bits per heavy atom. The number of likely N-dealkylation sites (tertiary alicyclic amines) is 1. The molecule has 1 saturated heterocycles. The number of nitrogens with zero attached hydrogens (tertiary/aromatic N) is 1. The fraction of sp³-hybridized carbons (Fsp3) is 0.611. The summed E-state index contributed by atoms with van der Waals surface area (Å²) in [7, 11) is 1.59. The summed E-state index contributed by atoms with van der Waals surface area (Å²) >= 11 is 0. The summed E-state index contributed by atoms with van der Waals surface area (Å²) in [6.07, 6.45) is 7.54. The molecule has 1 fully saturated rings. The van der Waals surface area contributed by atoms with Gasteiger partial charge in [-0.2, -0.15) is 0 Å². The highest BCUT2D eigenvalue weighted by Gasteiger charge is 2.11. The Balaban J connectivity index is 1.59. The predicted molar refractivity (Wildman–Crippen MR) is 89.5 cm³/mol. The van der Waals surface area contributed by atoms with E-state index < -0.39 is 0 Å². The van der Waals surface area contributed by atoms with Gasteiger partial charge in [-0.1, -0.05) is 25.0 Å². The summed E-state index contributed by atoms with van der Waals surface area (Å²) in [6.45, 7) is 4.48. The van der Waals surface area contributed by atoms with Crippen LogP contribution in [0.25, 0.3) is 0 Å². The zero-order chi connectivity index (χ0) is 15.6. The van der Waals surface area contributed by atoms with Gasteiger partial charge in [-0.15, -0.1) is 0 Å². The maximum absolute atomic E-state index is 12.1. The van der Waals surface area contributed by atoms with E-state index in [1.807, 2.05) is 18.2 Å². The Kier molecular flexibility index (Phi) is 7.23. The number of carbonyl (C=O) groups excluding carboxylic acids is 1. The normalized spacial score (nSPS) is 15.5. The van der Waals surface area contributed by atoms with Crippen LogP contribution < -0.4 is 10.1 Å². The van der Waals surface area contributed by atoms with Crippen molar-refractivity contribution in [1.82, 2.24) is 10.2 Å². The molecule has 4 nitrogen and oxygen atoms in total. The molecule has 0 radical (unpaired) electrons. The molecule has 1 N–H and O–H groups in total. The number of carbonyl (C=O) groups is 1. The Bertz CT molecular complexity index is 456. The van der Waals surface area contributed by atoms with E-state index in [9.17, 15) is 4.79 Å². The van der Waals surface area contributed by atoms with Gasteiger partial charge in [0.15, 0.2) is 0 Å². The Morgan fingerprint density at radius 2 is 1.91 bits per heavy atom. The highest BCUT2D eigenvalue weighted by molar-refractivity contribution is 5.96. The molecule has 0 bridgehead atoms. The molecule has 1 aliphatic rings. The minimum Gasteiger partial charge on any atom is -0.496 e. The van der Waals surface area contributed by atoms with E-state index in [1.54, 1.807) is 13.2 Å². The summed E-state index contributed by atoms with van der Waals surface area (Å²) in [5, 5.41) is 2.98. The van der Waals surface area contributed by atoms with E-state index in [4.69, 9.17) is 4.74 Å². The minimum atomic E-state index is -0.0477. The van der Waals surface area contributed by atoms with Crippen LogP contribution in [0.3, 0.4) is 0 Å². The first-order valence-corrected chi connectivity index (χ1v) is 8.45. The second-order valence-corrected chi connectivity index (χ2v) is 5.92. The molecule has 1 amide bonds. The van der Waals surface area contributed by atoms with E-state index in [0.717, 1.165) is 13.0 Å². The monoisotopic (exact) mass is 304 g/mol. The molecule has 122 valence electrons. The third kappa shape index (κ3) is 5.34. The van der Waals surface area contributed by atoms with Gasteiger partial charge >= 0.3 is 0 Å². The van der Waals surface area contributed by atoms with Crippen molar-refractivity contribution in [2.24, 2.45) is 0 Å². The summed E-state index contributed by atoms with van der Waals surface area (Å²) < 4.78 is 5.21. The zero-order valence-corrected chi connectivity index (χ0v) is 13.6. The molecular formula is C18H28N2O2. The van der Waals surface area contributed by atoms with E-state index in [2.05, 4.69) is 10.2 Å². The van der Waals surface area contributed by atoms with Gasteiger partial charge in [-0.3, -0.25) is 4.79 Å². The molecule has 1 aliphatic heterocycles. The molecule has 0 atom stereocenters. The number of rotatable bonds is 8. The van der Waals surface area contributed by atoms with Crippen molar-refractivity contribution in [2.45, 2.75) is 38.5 Å². The first kappa shape index (κ1) is 16.8. The van der Waals surface area contributed by atoms with Crippen molar-refractivity contribution in [3.8, 4) is 5.75 Å². The van der Waals surface area contributed by atoms with Gasteiger partial charge in [0.2, 0.25) is 0 Å². The minimum absolute atomic E-state index is 0.0477. The summed E-state index contributed by atoms with van der Waals surface area (Å²) in [5.41, 5.74) is 0.610. The summed E-state index contributed by atoms with van der Waals surface area (Å²) in [6, 6.07) is 7.34. The van der Waals surface area contributed by atoms with Crippen molar-refractivity contribution in [1.29, 1.82) is 0 Å². The Hall–Kier alpha value is -1.55. The molecule has 2 rings (SSSR count). The molecule has 0 unspecified atom stereocenters. The molecule has 1 aromatic rings. The molecule has 1 heterocycles. The van der Waals surface area contributed by atoms with Gasteiger partial charge in [0.25, 0.3) is 5.91 Å². The number of amides is 1. The Morgan fingerprint density at radius 3 is 2.68 bits per heavy atom. The maximum atomic E-state index is 12.1. The van der Waals surface area contributed by atoms with Crippen LogP contribution in [0.2, 0.25) is 0 Å². The topological polar surface area (TPSA) is 41.6 Å². The largest absolute Gasteiger partial charge is 0.496 e. The lowest BCUT2D eigenvalue weighted by Gasteiger charge is -2.26. The number of unbranched alkanes of at least 4 members (excludes halogenated alkanes) is 2. The van der Waals surface area contributed by atoms with Crippen LogP contribution in [0.4, 0.5) is 0 Å². The van der Waals surface area contributed by atoms with Crippen molar-refractivity contribution in [3.63, 3.8) is 0 Å². The number of hydrogen-bond acceptors (Lipinski definition) is 3. The lowest BCUT2D eigenvalue weighted by molar-refractivity contribution is 0.0949. The highest BCUT2D eigenvalue weighted by atomic mass is 16.5. The average Bonchev–Trinajstić information content (AvgIpc) is 2.58. The molecule has 0 aromatic heterocycles. The number of piperidine rings is 1. The first-order valence-electron chi connectivity index (χ1n) is 8.45. The van der Waals surface area contributed by atoms with Gasteiger partial charge < -0.3 is 15.0 Å². The van der Waals surface area contributed by atoms with Crippen molar-refractivity contribution in [3.05, 3.63) is 29.8 Å². The van der Waals surface area contributed by atoms with E-state index in [-0.39, 0.29) is 5.91 Å². The smallest absolute Gasteiger partial charge is 0.255 e. The van der Waals surface area contributed by atoms with Crippen molar-refractivity contribution < 1.29 is 9.53 Å². The number of methoxy groups -OCH3 is 1. The van der Waals surface area contributed by atoms with Crippen LogP contribution in [-0.4, -0.2) is 44.1 Å². The molecular weight excluding hydrogens is 276 g/mol. The summed E-state index contributed by atoms with van der Waals surface area (Å²) in [4.78, 5) is 14.7. The third-order valence-electron chi connectivity index (χ3n) is 4.24. The zero-order valence-electron chi connectivity index (χ0n) is 13.6. The average molecular weight is 304 g/mol. The van der Waals surface area contributed by atoms with Gasteiger partial charge in [0, 0.05) is 6.54 Å². The second-order valence-electron chi connectivity index (χ2n) is 5.92. The van der Waals surface area contributed by atoms with Gasteiger partial charge in [0.1, 0.15) is 5.75 Å². The van der Waals surface area contributed by atoms with Crippen LogP contribution in [-0.2, 0) is 0 Å². The van der Waals surface area contributed by atoms with Gasteiger partial charge in [-0.05, 0) is 57.5 Å². The van der Waals surface area contributed by atoms with Gasteiger partial charge in [0.05, 0.1) is 12.7 Å². The molecule has 0 aliphatic carbocycles. The fourth-order valence-electron chi connectivity index (χ4n) is 2.95. The van der Waals surface area contributed by atoms with E-state index in [0.29, 0.717) is 11.3 Å². The maximum Gasteiger partial charge on any atom is 0.255 e. The predicted octanol–water partition coefficient (Wildman–Crippen LogP) is 3.08. The molecule has 1 aromatic carbocycles. The molecule has 0 spiro atoms. The van der Waals surface area contributed by atoms with Crippen molar-refractivity contribution >= 4 is 5.91 Å². The SMILES string of the molecule is COc1ccccc1C(=O)NCCCCCN1CCCCC1. The number of para-hydroxylation sites is 1. The lowest BCUT2D eigenvalue weighted by Crippen LogP contribution is -2.30. The fourth-order valence-corrected chi connectivity index (χ4v) is 2.95. The lowest BCUT2D eigenvalue weighted by atomic mass is 10.1. The van der Waals surface area contributed by atoms with E-state index in [1.165, 1.54) is 51.7 Å². The van der Waals surface area contributed by atoms with E-state index >= 15 is 0 Å². The molecule has 4 heteroatoms. The van der Waals surface area contributed by atoms with Crippen molar-refractivity contribution in [2.75, 3.05) is 33.3 Å². The van der Waals surface area contributed by atoms with Crippen LogP contribution in [0.1, 0.15) is 48.9 Å². The Labute approximate surface area is 133 Å². The summed E-state index contributed by atoms with van der Waals surface area (Å²) in [5.74, 6) is 0.582. The number of hydrogen-bond donors (Lipinski definition) is 1. The standard InChI is InChI=1S/C18H28N2O2/c1-22-17-11-5-4-10-16(17)18(21)19-12-6-2-7-13-20-14-8-3-9-15-20/h4-5,10-11H,2-3,6-9,12-15H2,1H3,(H,19,21). The van der Waals surface area contributed by atoms with Crippen LogP contribution in [0.5, 0.6) is 5.75 Å². The molecule has 0 saturated carbocycles. The quantitative estimate of drug-likeness (QED) is 0.750.